The first-order valence-electron chi connectivity index (χ1n) is 4.38. The molecular weight excluding hydrogens is 267 g/mol. The number of phenolic OH excluding ortho intramolecular Hbond substituents is 1. The third kappa shape index (κ3) is 2.23. The van der Waals surface area contributed by atoms with Gasteiger partial charge < -0.3 is 14.9 Å². The molecule has 0 aliphatic heterocycles. The van der Waals surface area contributed by atoms with Crippen LogP contribution in [0.4, 0.5) is 4.39 Å². The van der Waals surface area contributed by atoms with Gasteiger partial charge in [0.2, 0.25) is 0 Å². The molecule has 0 amide bonds. The lowest BCUT2D eigenvalue weighted by atomic mass is 10.00. The lowest BCUT2D eigenvalue weighted by Crippen LogP contribution is -2.04. The first-order valence-corrected chi connectivity index (χ1v) is 5.17. The predicted octanol–water partition coefficient (Wildman–Crippen LogP) is 2.40. The van der Waals surface area contributed by atoms with Crippen molar-refractivity contribution in [3.63, 3.8) is 0 Å². The summed E-state index contributed by atoms with van der Waals surface area (Å²) in [6.07, 6.45) is 0. The molecule has 15 heavy (non-hydrogen) atoms. The highest BCUT2D eigenvalue weighted by Crippen LogP contribution is 2.40. The van der Waals surface area contributed by atoms with E-state index >= 15 is 0 Å². The van der Waals surface area contributed by atoms with Gasteiger partial charge in [-0.25, -0.2) is 4.39 Å². The van der Waals surface area contributed by atoms with Gasteiger partial charge in [-0.2, -0.15) is 0 Å². The fraction of sp³-hybridized carbons (Fsp3) is 0.400. The van der Waals surface area contributed by atoms with Crippen molar-refractivity contribution < 1.29 is 19.3 Å². The van der Waals surface area contributed by atoms with Crippen LogP contribution in [0.2, 0.25) is 0 Å². The van der Waals surface area contributed by atoms with E-state index in [1.165, 1.54) is 13.2 Å². The van der Waals surface area contributed by atoms with E-state index in [-0.39, 0.29) is 28.1 Å². The Morgan fingerprint density at radius 2 is 2.20 bits per heavy atom. The number of aliphatic hydroxyl groups excluding tert-OH is 1. The molecule has 0 radical (unpaired) electrons. The van der Waals surface area contributed by atoms with Crippen LogP contribution in [-0.2, 0) is 0 Å². The summed E-state index contributed by atoms with van der Waals surface area (Å²) in [4.78, 5) is 0. The van der Waals surface area contributed by atoms with E-state index < -0.39 is 11.7 Å². The Kier molecular flexibility index (Phi) is 3.93. The fourth-order valence-corrected chi connectivity index (χ4v) is 1.73. The highest BCUT2D eigenvalue weighted by atomic mass is 79.9. The van der Waals surface area contributed by atoms with Gasteiger partial charge in [-0.05, 0) is 15.9 Å². The summed E-state index contributed by atoms with van der Waals surface area (Å²) in [7, 11) is 1.38. The van der Waals surface area contributed by atoms with Gasteiger partial charge >= 0.3 is 0 Å². The number of hydrogen-bond acceptors (Lipinski definition) is 3. The smallest absolute Gasteiger partial charge is 0.164 e. The van der Waals surface area contributed by atoms with Gasteiger partial charge in [0, 0.05) is 24.2 Å². The van der Waals surface area contributed by atoms with Crippen molar-refractivity contribution in [1.29, 1.82) is 0 Å². The van der Waals surface area contributed by atoms with Gasteiger partial charge in [-0.1, -0.05) is 6.92 Å². The van der Waals surface area contributed by atoms with E-state index in [2.05, 4.69) is 15.9 Å². The van der Waals surface area contributed by atoms with Crippen molar-refractivity contribution in [2.45, 2.75) is 12.8 Å². The van der Waals surface area contributed by atoms with Crippen molar-refractivity contribution in [3.05, 3.63) is 21.9 Å². The second-order valence-electron chi connectivity index (χ2n) is 3.22. The van der Waals surface area contributed by atoms with Crippen LogP contribution >= 0.6 is 15.9 Å². The van der Waals surface area contributed by atoms with E-state index in [1.54, 1.807) is 6.92 Å². The average molecular weight is 279 g/mol. The molecule has 1 atom stereocenters. The molecule has 0 bridgehead atoms. The first-order chi connectivity index (χ1) is 7.02. The standard InChI is InChI=1S/C10H12BrFO3/c1-5(4-13)8-9(12)6(11)3-7(15-2)10(8)14/h3,5,13-14H,4H2,1-2H3. The molecule has 2 N–H and O–H groups in total. The fourth-order valence-electron chi connectivity index (χ4n) is 1.31. The highest BCUT2D eigenvalue weighted by molar-refractivity contribution is 9.10. The minimum Gasteiger partial charge on any atom is -0.504 e. The van der Waals surface area contributed by atoms with Crippen molar-refractivity contribution in [2.24, 2.45) is 0 Å². The van der Waals surface area contributed by atoms with E-state index in [0.717, 1.165) is 0 Å². The van der Waals surface area contributed by atoms with Gasteiger partial charge in [-0.15, -0.1) is 0 Å². The lowest BCUT2D eigenvalue weighted by molar-refractivity contribution is 0.265. The maximum atomic E-state index is 13.6. The molecule has 3 nitrogen and oxygen atoms in total. The summed E-state index contributed by atoms with van der Waals surface area (Å²) in [5.74, 6) is -1.15. The molecule has 0 aromatic heterocycles. The van der Waals surface area contributed by atoms with Crippen molar-refractivity contribution >= 4 is 15.9 Å². The van der Waals surface area contributed by atoms with Crippen LogP contribution in [0.5, 0.6) is 11.5 Å². The topological polar surface area (TPSA) is 49.7 Å². The summed E-state index contributed by atoms with van der Waals surface area (Å²) in [5, 5.41) is 18.7. The van der Waals surface area contributed by atoms with E-state index in [4.69, 9.17) is 9.84 Å². The Morgan fingerprint density at radius 3 is 2.67 bits per heavy atom. The Bertz CT molecular complexity index is 368. The molecule has 84 valence electrons. The van der Waals surface area contributed by atoms with E-state index in [1.807, 2.05) is 0 Å². The summed E-state index contributed by atoms with van der Waals surface area (Å²) in [6.45, 7) is 1.37. The van der Waals surface area contributed by atoms with E-state index in [9.17, 15) is 9.50 Å². The number of ether oxygens (including phenoxy) is 1. The molecule has 1 unspecified atom stereocenters. The Balaban J connectivity index is 3.40. The Morgan fingerprint density at radius 1 is 1.60 bits per heavy atom. The monoisotopic (exact) mass is 278 g/mol. The number of halogens is 2. The van der Waals surface area contributed by atoms with Crippen molar-refractivity contribution in [1.82, 2.24) is 0 Å². The number of methoxy groups -OCH3 is 1. The molecule has 0 saturated heterocycles. The van der Waals surface area contributed by atoms with Crippen LogP contribution in [0.25, 0.3) is 0 Å². The number of aliphatic hydroxyl groups is 1. The number of rotatable bonds is 3. The molecule has 0 aliphatic carbocycles. The molecule has 0 heterocycles. The minimum atomic E-state index is -0.574. The zero-order valence-corrected chi connectivity index (χ0v) is 10.0. The number of hydrogen-bond donors (Lipinski definition) is 2. The Labute approximate surface area is 95.6 Å². The zero-order chi connectivity index (χ0) is 11.6. The maximum Gasteiger partial charge on any atom is 0.164 e. The normalized spacial score (nSPS) is 12.6. The van der Waals surface area contributed by atoms with Crippen LogP contribution in [0.15, 0.2) is 10.5 Å². The maximum absolute atomic E-state index is 13.6. The minimum absolute atomic E-state index is 0.0590. The Hall–Kier alpha value is -0.810. The summed E-state index contributed by atoms with van der Waals surface area (Å²) < 4.78 is 18.7. The third-order valence-corrected chi connectivity index (χ3v) is 2.76. The molecule has 0 fully saturated rings. The van der Waals surface area contributed by atoms with Crippen molar-refractivity contribution in [3.8, 4) is 11.5 Å². The first kappa shape index (κ1) is 12.3. The SMILES string of the molecule is COc1cc(Br)c(F)c(C(C)CO)c1O. The zero-order valence-electron chi connectivity index (χ0n) is 8.42. The van der Waals surface area contributed by atoms with Gasteiger partial charge in [-0.3, -0.25) is 0 Å². The van der Waals surface area contributed by atoms with Gasteiger partial charge in [0.1, 0.15) is 5.82 Å². The van der Waals surface area contributed by atoms with Crippen LogP contribution in [0.1, 0.15) is 18.4 Å². The summed E-state index contributed by atoms with van der Waals surface area (Å²) in [5.41, 5.74) is 0.0590. The quantitative estimate of drug-likeness (QED) is 0.893. The molecule has 1 aromatic carbocycles. The predicted molar refractivity (Wildman–Crippen MR) is 57.8 cm³/mol. The third-order valence-electron chi connectivity index (χ3n) is 2.18. The molecule has 0 saturated carbocycles. The second-order valence-corrected chi connectivity index (χ2v) is 4.07. The lowest BCUT2D eigenvalue weighted by Gasteiger charge is -2.15. The molecule has 1 rings (SSSR count). The summed E-state index contributed by atoms with van der Waals surface area (Å²) >= 11 is 3.02. The number of benzene rings is 1. The van der Waals surface area contributed by atoms with Crippen LogP contribution in [0.3, 0.4) is 0 Å². The number of aromatic hydroxyl groups is 1. The summed E-state index contributed by atoms with van der Waals surface area (Å²) in [6, 6.07) is 1.35. The molecule has 5 heteroatoms. The largest absolute Gasteiger partial charge is 0.504 e. The molecule has 0 spiro atoms. The highest BCUT2D eigenvalue weighted by Gasteiger charge is 2.21. The molecule has 0 aliphatic rings. The van der Waals surface area contributed by atoms with Gasteiger partial charge in [0.05, 0.1) is 11.6 Å². The van der Waals surface area contributed by atoms with Gasteiger partial charge in [0.25, 0.3) is 0 Å². The van der Waals surface area contributed by atoms with Gasteiger partial charge in [0.15, 0.2) is 11.5 Å². The molecule has 1 aromatic rings. The van der Waals surface area contributed by atoms with Crippen LogP contribution in [0, 0.1) is 5.82 Å². The second kappa shape index (κ2) is 4.81. The van der Waals surface area contributed by atoms with Crippen LogP contribution in [-0.4, -0.2) is 23.9 Å². The molecular formula is C10H12BrFO3. The number of phenols is 1. The average Bonchev–Trinajstić information content (AvgIpc) is 2.23. The van der Waals surface area contributed by atoms with E-state index in [0.29, 0.717) is 0 Å². The van der Waals surface area contributed by atoms with Crippen molar-refractivity contribution in [2.75, 3.05) is 13.7 Å². The van der Waals surface area contributed by atoms with Crippen LogP contribution < -0.4 is 4.74 Å².